The molecule has 0 bridgehead atoms. The van der Waals surface area contributed by atoms with Crippen LogP contribution in [0.4, 0.5) is 0 Å². The molecule has 148 valence electrons. The van der Waals surface area contributed by atoms with Gasteiger partial charge in [-0.1, -0.05) is 27.7 Å². The standard InChI is InChI=1S/C23H34N2O2/c1-11(25-13(3)19-17(27)9-15-21(19)23(15,6)7)10-24-12(2)18-16(26)8-14-20(18)22(14,4)5/h11,14-15,20-21,24-25H,8-10H2,1-7H3/b18-12+,19-13+/t11-,14-,15-,20-,21-/m1/s1. The van der Waals surface area contributed by atoms with Crippen LogP contribution < -0.4 is 10.6 Å². The summed E-state index contributed by atoms with van der Waals surface area (Å²) in [5.74, 6) is 2.61. The van der Waals surface area contributed by atoms with E-state index in [1.54, 1.807) is 0 Å². The van der Waals surface area contributed by atoms with Gasteiger partial charge in [0.15, 0.2) is 11.6 Å². The molecule has 0 aromatic carbocycles. The summed E-state index contributed by atoms with van der Waals surface area (Å²) in [6.07, 6.45) is 1.43. The van der Waals surface area contributed by atoms with Crippen molar-refractivity contribution in [2.45, 2.75) is 67.3 Å². The van der Waals surface area contributed by atoms with E-state index < -0.39 is 0 Å². The zero-order chi connectivity index (χ0) is 19.9. The van der Waals surface area contributed by atoms with Crippen LogP contribution in [0, 0.1) is 34.5 Å². The van der Waals surface area contributed by atoms with Crippen LogP contribution in [0.25, 0.3) is 0 Å². The maximum absolute atomic E-state index is 12.3. The molecule has 4 aliphatic rings. The van der Waals surface area contributed by atoms with Gasteiger partial charge in [0.25, 0.3) is 0 Å². The van der Waals surface area contributed by atoms with Crippen molar-refractivity contribution < 1.29 is 9.59 Å². The number of carbonyl (C=O) groups is 2. The third kappa shape index (κ3) is 2.70. The molecule has 0 spiro atoms. The molecule has 4 aliphatic carbocycles. The van der Waals surface area contributed by atoms with Gasteiger partial charge in [-0.3, -0.25) is 9.59 Å². The Kier molecular flexibility index (Phi) is 3.97. The zero-order valence-electron chi connectivity index (χ0n) is 17.8. The molecule has 5 atom stereocenters. The van der Waals surface area contributed by atoms with E-state index >= 15 is 0 Å². The minimum atomic E-state index is 0.196. The number of fused-ring (bicyclic) bond motifs is 2. The first-order chi connectivity index (χ1) is 12.5. The molecular weight excluding hydrogens is 336 g/mol. The minimum Gasteiger partial charge on any atom is -0.386 e. The fraction of sp³-hybridized carbons (Fsp3) is 0.739. The maximum Gasteiger partial charge on any atom is 0.161 e. The monoisotopic (exact) mass is 370 g/mol. The Labute approximate surface area is 163 Å². The Morgan fingerprint density at radius 1 is 0.926 bits per heavy atom. The van der Waals surface area contributed by atoms with Gasteiger partial charge in [0.05, 0.1) is 0 Å². The van der Waals surface area contributed by atoms with Crippen molar-refractivity contribution in [3.8, 4) is 0 Å². The summed E-state index contributed by atoms with van der Waals surface area (Å²) in [6, 6.07) is 0.196. The minimum absolute atomic E-state index is 0.196. The number of hydrogen-bond acceptors (Lipinski definition) is 4. The van der Waals surface area contributed by atoms with Gasteiger partial charge in [-0.2, -0.15) is 0 Å². The fourth-order valence-corrected chi connectivity index (χ4v) is 6.15. The van der Waals surface area contributed by atoms with Crippen LogP contribution in [-0.2, 0) is 9.59 Å². The molecule has 4 fully saturated rings. The van der Waals surface area contributed by atoms with E-state index in [1.165, 1.54) is 0 Å². The Morgan fingerprint density at radius 3 is 1.81 bits per heavy atom. The molecule has 4 nitrogen and oxygen atoms in total. The van der Waals surface area contributed by atoms with Crippen LogP contribution in [0.3, 0.4) is 0 Å². The molecule has 4 saturated carbocycles. The number of Topliss-reactive ketones (excluding diaryl/α,β-unsaturated/α-hetero) is 2. The van der Waals surface area contributed by atoms with E-state index in [2.05, 4.69) is 45.3 Å². The summed E-state index contributed by atoms with van der Waals surface area (Å²) in [7, 11) is 0. The smallest absolute Gasteiger partial charge is 0.161 e. The fourth-order valence-electron chi connectivity index (χ4n) is 6.15. The second kappa shape index (κ2) is 5.71. The van der Waals surface area contributed by atoms with Crippen molar-refractivity contribution in [1.29, 1.82) is 0 Å². The van der Waals surface area contributed by atoms with Crippen molar-refractivity contribution in [1.82, 2.24) is 10.6 Å². The highest BCUT2D eigenvalue weighted by Crippen LogP contribution is 2.68. The lowest BCUT2D eigenvalue weighted by atomic mass is 9.95. The van der Waals surface area contributed by atoms with Crippen LogP contribution in [-0.4, -0.2) is 24.2 Å². The topological polar surface area (TPSA) is 58.2 Å². The molecule has 0 aromatic heterocycles. The average molecular weight is 371 g/mol. The van der Waals surface area contributed by atoms with E-state index in [1.807, 2.05) is 13.8 Å². The second-order valence-electron chi connectivity index (χ2n) is 10.6. The van der Waals surface area contributed by atoms with E-state index in [0.717, 1.165) is 29.1 Å². The van der Waals surface area contributed by atoms with Crippen LogP contribution in [0.15, 0.2) is 22.5 Å². The lowest BCUT2D eigenvalue weighted by Gasteiger charge is -2.21. The normalized spacial score (nSPS) is 39.5. The van der Waals surface area contributed by atoms with Gasteiger partial charge >= 0.3 is 0 Å². The second-order valence-corrected chi connectivity index (χ2v) is 10.6. The predicted molar refractivity (Wildman–Crippen MR) is 107 cm³/mol. The first-order valence-electron chi connectivity index (χ1n) is 10.5. The molecule has 4 rings (SSSR count). The number of allylic oxidation sites excluding steroid dienone is 4. The molecule has 0 aliphatic heterocycles. The Hall–Kier alpha value is -1.58. The Morgan fingerprint density at radius 2 is 1.37 bits per heavy atom. The first kappa shape index (κ1) is 18.8. The number of ketones is 2. The summed E-state index contributed by atoms with van der Waals surface area (Å²) >= 11 is 0. The van der Waals surface area contributed by atoms with Gasteiger partial charge in [-0.25, -0.2) is 0 Å². The lowest BCUT2D eigenvalue weighted by molar-refractivity contribution is -0.116. The molecule has 0 unspecified atom stereocenters. The predicted octanol–water partition coefficient (Wildman–Crippen LogP) is 3.59. The van der Waals surface area contributed by atoms with Gasteiger partial charge in [-0.05, 0) is 55.3 Å². The van der Waals surface area contributed by atoms with E-state index in [9.17, 15) is 9.59 Å². The van der Waals surface area contributed by atoms with Crippen molar-refractivity contribution in [2.24, 2.45) is 34.5 Å². The molecule has 0 heterocycles. The van der Waals surface area contributed by atoms with Crippen molar-refractivity contribution in [3.63, 3.8) is 0 Å². The van der Waals surface area contributed by atoms with E-state index in [4.69, 9.17) is 0 Å². The number of carbonyl (C=O) groups excluding carboxylic acids is 2. The van der Waals surface area contributed by atoms with Crippen LogP contribution in [0.5, 0.6) is 0 Å². The molecule has 0 radical (unpaired) electrons. The molecular formula is C23H34N2O2. The van der Waals surface area contributed by atoms with Gasteiger partial charge in [-0.15, -0.1) is 0 Å². The zero-order valence-corrected chi connectivity index (χ0v) is 17.8. The molecule has 2 N–H and O–H groups in total. The van der Waals surface area contributed by atoms with Crippen LogP contribution in [0.1, 0.15) is 61.3 Å². The Bertz CT molecular complexity index is 786. The SMILES string of the molecule is C/C(NC[C@@H](C)N/C(C)=C1\C(=O)C[C@@H]2[C@H]1C2(C)C)=C1/C(=O)C[C@@H]2[C@H]1C2(C)C. The summed E-state index contributed by atoms with van der Waals surface area (Å²) < 4.78 is 0. The maximum atomic E-state index is 12.3. The third-order valence-corrected chi connectivity index (χ3v) is 8.08. The van der Waals surface area contributed by atoms with Crippen molar-refractivity contribution >= 4 is 11.6 Å². The van der Waals surface area contributed by atoms with E-state index in [0.29, 0.717) is 48.1 Å². The van der Waals surface area contributed by atoms with Crippen LogP contribution >= 0.6 is 0 Å². The van der Waals surface area contributed by atoms with Gasteiger partial charge in [0.2, 0.25) is 0 Å². The summed E-state index contributed by atoms with van der Waals surface area (Å²) in [4.78, 5) is 24.7. The molecule has 4 heteroatoms. The van der Waals surface area contributed by atoms with Crippen molar-refractivity contribution in [2.75, 3.05) is 6.54 Å². The molecule has 27 heavy (non-hydrogen) atoms. The number of hydrogen-bond donors (Lipinski definition) is 2. The molecule has 0 aromatic rings. The van der Waals surface area contributed by atoms with Crippen LogP contribution in [0.2, 0.25) is 0 Å². The van der Waals surface area contributed by atoms with E-state index in [-0.39, 0.29) is 16.9 Å². The van der Waals surface area contributed by atoms with Gasteiger partial charge in [0, 0.05) is 48.0 Å². The highest BCUT2D eigenvalue weighted by atomic mass is 16.1. The Balaban J connectivity index is 1.39. The summed E-state index contributed by atoms with van der Waals surface area (Å²) in [5, 5.41) is 7.01. The summed E-state index contributed by atoms with van der Waals surface area (Å²) in [5.41, 5.74) is 4.70. The quantitative estimate of drug-likeness (QED) is 0.726. The first-order valence-corrected chi connectivity index (χ1v) is 10.5. The number of nitrogens with one attached hydrogen (secondary N) is 2. The van der Waals surface area contributed by atoms with Gasteiger partial charge in [0.1, 0.15) is 0 Å². The summed E-state index contributed by atoms with van der Waals surface area (Å²) in [6.45, 7) is 16.0. The number of rotatable bonds is 5. The average Bonchev–Trinajstić information content (AvgIpc) is 3.08. The third-order valence-electron chi connectivity index (χ3n) is 8.08. The van der Waals surface area contributed by atoms with Gasteiger partial charge < -0.3 is 10.6 Å². The van der Waals surface area contributed by atoms with Crippen molar-refractivity contribution in [3.05, 3.63) is 22.5 Å². The molecule has 0 amide bonds. The highest BCUT2D eigenvalue weighted by Gasteiger charge is 2.66. The largest absolute Gasteiger partial charge is 0.386 e. The highest BCUT2D eigenvalue weighted by molar-refractivity contribution is 6.01. The lowest BCUT2D eigenvalue weighted by Crippen LogP contribution is -2.36. The molecule has 0 saturated heterocycles.